The summed E-state index contributed by atoms with van der Waals surface area (Å²) in [5.41, 5.74) is 0.717. The Morgan fingerprint density at radius 2 is 1.56 bits per heavy atom. The average molecular weight is 251 g/mol. The second-order valence-corrected chi connectivity index (χ2v) is 7.12. The van der Waals surface area contributed by atoms with E-state index in [0.717, 1.165) is 12.0 Å². The second kappa shape index (κ2) is 5.50. The molecule has 2 heteroatoms. The lowest BCUT2D eigenvalue weighted by Crippen LogP contribution is -2.43. The molecule has 1 aliphatic heterocycles. The minimum atomic E-state index is -0.0508. The van der Waals surface area contributed by atoms with Crippen LogP contribution in [0.2, 0.25) is 0 Å². The number of aliphatic hydroxyl groups excluding tert-OH is 1. The number of rotatable bonds is 3. The highest BCUT2D eigenvalue weighted by atomic mass is 16.3. The first-order chi connectivity index (χ1) is 8.77. The summed E-state index contributed by atoms with van der Waals surface area (Å²) in [7, 11) is 0. The van der Waals surface area contributed by atoms with E-state index in [1.807, 2.05) is 0 Å². The number of hydrogen-bond donors (Lipinski definition) is 1. The normalized spacial score (nSPS) is 31.2. The third-order valence-corrected chi connectivity index (χ3v) is 5.97. The lowest BCUT2D eigenvalue weighted by Gasteiger charge is -2.40. The molecule has 0 aromatic carbocycles. The Hall–Kier alpha value is -0.0800. The van der Waals surface area contributed by atoms with Crippen LogP contribution >= 0.6 is 0 Å². The van der Waals surface area contributed by atoms with Crippen molar-refractivity contribution in [2.45, 2.75) is 70.3 Å². The van der Waals surface area contributed by atoms with Crippen LogP contribution in [0.15, 0.2) is 0 Å². The summed E-state index contributed by atoms with van der Waals surface area (Å²) in [6.45, 7) is 3.42. The summed E-state index contributed by atoms with van der Waals surface area (Å²) in [5.74, 6) is 0.604. The maximum Gasteiger partial charge on any atom is 0.0695 e. The standard InChI is InChI=1S/C16H29NO/c18-15(14-5-1-2-6-14)13-17-11-9-16(10-12-17)7-3-4-8-16/h14-15,18H,1-13H2. The summed E-state index contributed by atoms with van der Waals surface area (Å²) in [6, 6.07) is 0. The van der Waals surface area contributed by atoms with Crippen LogP contribution in [0.1, 0.15) is 64.2 Å². The molecule has 18 heavy (non-hydrogen) atoms. The van der Waals surface area contributed by atoms with E-state index < -0.39 is 0 Å². The second-order valence-electron chi connectivity index (χ2n) is 7.12. The first-order valence-corrected chi connectivity index (χ1v) is 8.18. The maximum atomic E-state index is 10.3. The van der Waals surface area contributed by atoms with E-state index in [9.17, 15) is 5.11 Å². The smallest absolute Gasteiger partial charge is 0.0695 e. The number of likely N-dealkylation sites (tertiary alicyclic amines) is 1. The Bertz CT molecular complexity index is 256. The number of aliphatic hydroxyl groups is 1. The van der Waals surface area contributed by atoms with Crippen molar-refractivity contribution in [1.29, 1.82) is 0 Å². The van der Waals surface area contributed by atoms with Gasteiger partial charge in [0.1, 0.15) is 0 Å². The van der Waals surface area contributed by atoms with Gasteiger partial charge >= 0.3 is 0 Å². The van der Waals surface area contributed by atoms with E-state index in [1.54, 1.807) is 0 Å². The van der Waals surface area contributed by atoms with Gasteiger partial charge in [-0.05, 0) is 62.9 Å². The van der Waals surface area contributed by atoms with Crippen molar-refractivity contribution in [2.24, 2.45) is 11.3 Å². The molecule has 0 bridgehead atoms. The molecule has 2 nitrogen and oxygen atoms in total. The van der Waals surface area contributed by atoms with E-state index in [0.29, 0.717) is 5.92 Å². The van der Waals surface area contributed by atoms with Gasteiger partial charge in [-0.2, -0.15) is 0 Å². The highest BCUT2D eigenvalue weighted by molar-refractivity contribution is 4.90. The molecule has 1 saturated heterocycles. The highest BCUT2D eigenvalue weighted by Gasteiger charge is 2.37. The Morgan fingerprint density at radius 1 is 0.944 bits per heavy atom. The van der Waals surface area contributed by atoms with E-state index in [4.69, 9.17) is 0 Å². The van der Waals surface area contributed by atoms with Gasteiger partial charge in [0.25, 0.3) is 0 Å². The van der Waals surface area contributed by atoms with E-state index in [1.165, 1.54) is 77.3 Å². The monoisotopic (exact) mass is 251 g/mol. The SMILES string of the molecule is OC(CN1CCC2(CCCC2)CC1)C1CCCC1. The molecular formula is C16H29NO. The zero-order valence-electron chi connectivity index (χ0n) is 11.7. The first kappa shape index (κ1) is 12.9. The molecule has 1 spiro atoms. The van der Waals surface area contributed by atoms with Gasteiger partial charge in [-0.15, -0.1) is 0 Å². The molecule has 104 valence electrons. The quantitative estimate of drug-likeness (QED) is 0.832. The molecule has 0 amide bonds. The Kier molecular flexibility index (Phi) is 3.95. The van der Waals surface area contributed by atoms with Gasteiger partial charge in [0.05, 0.1) is 6.10 Å². The molecular weight excluding hydrogens is 222 g/mol. The summed E-state index contributed by atoms with van der Waals surface area (Å²) < 4.78 is 0. The third kappa shape index (κ3) is 2.75. The lowest BCUT2D eigenvalue weighted by molar-refractivity contribution is 0.0340. The van der Waals surface area contributed by atoms with Gasteiger partial charge in [-0.3, -0.25) is 0 Å². The average Bonchev–Trinajstić information content (AvgIpc) is 3.04. The summed E-state index contributed by atoms with van der Waals surface area (Å²) in [4.78, 5) is 2.53. The van der Waals surface area contributed by atoms with Crippen molar-refractivity contribution in [2.75, 3.05) is 19.6 Å². The van der Waals surface area contributed by atoms with Gasteiger partial charge in [-0.25, -0.2) is 0 Å². The molecule has 0 aromatic heterocycles. The van der Waals surface area contributed by atoms with Gasteiger partial charge in [0, 0.05) is 6.54 Å². The van der Waals surface area contributed by atoms with Crippen molar-refractivity contribution in [3.8, 4) is 0 Å². The largest absolute Gasteiger partial charge is 0.392 e. The molecule has 0 radical (unpaired) electrons. The van der Waals surface area contributed by atoms with Gasteiger partial charge < -0.3 is 10.0 Å². The minimum Gasteiger partial charge on any atom is -0.392 e. The molecule has 2 aliphatic carbocycles. The minimum absolute atomic E-state index is 0.0508. The van der Waals surface area contributed by atoms with Crippen LogP contribution in [0.25, 0.3) is 0 Å². The van der Waals surface area contributed by atoms with Gasteiger partial charge in [0.15, 0.2) is 0 Å². The van der Waals surface area contributed by atoms with Crippen LogP contribution in [-0.2, 0) is 0 Å². The molecule has 1 atom stereocenters. The Morgan fingerprint density at radius 3 is 2.17 bits per heavy atom. The predicted octanol–water partition coefficient (Wildman–Crippen LogP) is 3.19. The predicted molar refractivity (Wildman–Crippen MR) is 74.5 cm³/mol. The van der Waals surface area contributed by atoms with Crippen LogP contribution in [-0.4, -0.2) is 35.7 Å². The van der Waals surface area contributed by atoms with Crippen LogP contribution in [0.4, 0.5) is 0 Å². The number of β-amino-alcohol motifs (C(OH)–C–C–N with tert-alkyl or cyclic N) is 1. The molecule has 3 fully saturated rings. The number of piperidine rings is 1. The first-order valence-electron chi connectivity index (χ1n) is 8.18. The van der Waals surface area contributed by atoms with Crippen LogP contribution in [0, 0.1) is 11.3 Å². The van der Waals surface area contributed by atoms with E-state index >= 15 is 0 Å². The van der Waals surface area contributed by atoms with E-state index in [-0.39, 0.29) is 6.10 Å². The summed E-state index contributed by atoms with van der Waals surface area (Å²) in [5, 5.41) is 10.3. The van der Waals surface area contributed by atoms with Crippen molar-refractivity contribution in [3.63, 3.8) is 0 Å². The van der Waals surface area contributed by atoms with Crippen LogP contribution < -0.4 is 0 Å². The Balaban J connectivity index is 1.44. The van der Waals surface area contributed by atoms with Crippen molar-refractivity contribution in [3.05, 3.63) is 0 Å². The molecule has 3 aliphatic rings. The summed E-state index contributed by atoms with van der Waals surface area (Å²) in [6.07, 6.45) is 13.8. The summed E-state index contributed by atoms with van der Waals surface area (Å²) >= 11 is 0. The molecule has 0 aromatic rings. The van der Waals surface area contributed by atoms with Crippen molar-refractivity contribution >= 4 is 0 Å². The van der Waals surface area contributed by atoms with Crippen LogP contribution in [0.3, 0.4) is 0 Å². The number of nitrogens with zero attached hydrogens (tertiary/aromatic N) is 1. The fraction of sp³-hybridized carbons (Fsp3) is 1.00. The third-order valence-electron chi connectivity index (χ3n) is 5.97. The molecule has 2 saturated carbocycles. The highest BCUT2D eigenvalue weighted by Crippen LogP contribution is 2.46. The van der Waals surface area contributed by atoms with Gasteiger partial charge in [-0.1, -0.05) is 25.7 Å². The zero-order chi connectivity index (χ0) is 12.4. The molecule has 1 N–H and O–H groups in total. The Labute approximate surface area is 112 Å². The molecule has 1 unspecified atom stereocenters. The topological polar surface area (TPSA) is 23.5 Å². The van der Waals surface area contributed by atoms with Gasteiger partial charge in [0.2, 0.25) is 0 Å². The number of hydrogen-bond acceptors (Lipinski definition) is 2. The zero-order valence-corrected chi connectivity index (χ0v) is 11.7. The molecule has 3 rings (SSSR count). The van der Waals surface area contributed by atoms with E-state index in [2.05, 4.69) is 4.90 Å². The fourth-order valence-electron chi connectivity index (χ4n) is 4.59. The molecule has 1 heterocycles. The fourth-order valence-corrected chi connectivity index (χ4v) is 4.59. The van der Waals surface area contributed by atoms with Crippen LogP contribution in [0.5, 0.6) is 0 Å². The van der Waals surface area contributed by atoms with Crippen molar-refractivity contribution < 1.29 is 5.11 Å². The lowest BCUT2D eigenvalue weighted by atomic mass is 9.77. The van der Waals surface area contributed by atoms with Crippen molar-refractivity contribution in [1.82, 2.24) is 4.90 Å². The maximum absolute atomic E-state index is 10.3.